The highest BCUT2D eigenvalue weighted by atomic mass is 127. The van der Waals surface area contributed by atoms with Crippen molar-refractivity contribution >= 4 is 51.8 Å². The Balaban J connectivity index is 0.00000441. The predicted molar refractivity (Wildman–Crippen MR) is 105 cm³/mol. The number of rotatable bonds is 6. The van der Waals surface area contributed by atoms with Crippen molar-refractivity contribution in [3.63, 3.8) is 0 Å². The summed E-state index contributed by atoms with van der Waals surface area (Å²) >= 11 is 3.47. The fourth-order valence-electron chi connectivity index (χ4n) is 1.91. The van der Waals surface area contributed by atoms with Crippen molar-refractivity contribution in [3.8, 4) is 0 Å². The molecule has 0 saturated heterocycles. The third kappa shape index (κ3) is 6.99. The fraction of sp³-hybridized carbons (Fsp3) is 0.571. The molecule has 1 amide bonds. The number of carbonyl (C=O) groups is 1. The van der Waals surface area contributed by atoms with Gasteiger partial charge in [-0.15, -0.1) is 24.0 Å². The van der Waals surface area contributed by atoms with Gasteiger partial charge >= 0.3 is 0 Å². The molecule has 8 heteroatoms. The predicted octanol–water partition coefficient (Wildman–Crippen LogP) is 1.94. The van der Waals surface area contributed by atoms with Crippen molar-refractivity contribution in [1.29, 1.82) is 0 Å². The number of aromatic nitrogens is 1. The number of nitrogens with zero attached hydrogens (tertiary/aromatic N) is 3. The Hall–Kier alpha value is -0.770. The van der Waals surface area contributed by atoms with Crippen molar-refractivity contribution in [2.45, 2.75) is 20.4 Å². The van der Waals surface area contributed by atoms with E-state index in [1.54, 1.807) is 0 Å². The lowest BCUT2D eigenvalue weighted by Gasteiger charge is -2.22. The van der Waals surface area contributed by atoms with Gasteiger partial charge in [0.15, 0.2) is 5.96 Å². The van der Waals surface area contributed by atoms with Crippen molar-refractivity contribution < 1.29 is 4.79 Å². The number of halogens is 2. The minimum absolute atomic E-state index is 0. The third-order valence-corrected chi connectivity index (χ3v) is 3.35. The van der Waals surface area contributed by atoms with Gasteiger partial charge in [0.05, 0.1) is 6.54 Å². The molecular formula is C14H25BrIN5O. The zero-order valence-electron chi connectivity index (χ0n) is 13.5. The van der Waals surface area contributed by atoms with Crippen LogP contribution < -0.4 is 10.6 Å². The summed E-state index contributed by atoms with van der Waals surface area (Å²) in [5.41, 5.74) is 1.16. The molecular weight excluding hydrogens is 461 g/mol. The molecule has 0 spiro atoms. The van der Waals surface area contributed by atoms with Crippen LogP contribution in [-0.4, -0.2) is 48.0 Å². The molecule has 0 unspecified atom stereocenters. The first-order valence-electron chi connectivity index (χ1n) is 7.04. The molecule has 0 aromatic carbocycles. The van der Waals surface area contributed by atoms with E-state index in [2.05, 4.69) is 42.2 Å². The van der Waals surface area contributed by atoms with Crippen LogP contribution in [0.3, 0.4) is 0 Å². The van der Waals surface area contributed by atoms with Crippen LogP contribution in [0, 0.1) is 0 Å². The molecule has 0 radical (unpaired) electrons. The van der Waals surface area contributed by atoms with E-state index in [1.165, 1.54) is 0 Å². The average Bonchev–Trinajstić information content (AvgIpc) is 2.73. The van der Waals surface area contributed by atoms with Crippen LogP contribution in [0.25, 0.3) is 0 Å². The molecule has 6 nitrogen and oxygen atoms in total. The van der Waals surface area contributed by atoms with E-state index < -0.39 is 0 Å². The summed E-state index contributed by atoms with van der Waals surface area (Å²) in [6.07, 6.45) is 2.02. The number of hydrogen-bond acceptors (Lipinski definition) is 2. The van der Waals surface area contributed by atoms with E-state index in [9.17, 15) is 4.79 Å². The maximum absolute atomic E-state index is 11.5. The molecule has 0 fully saturated rings. The van der Waals surface area contributed by atoms with Gasteiger partial charge < -0.3 is 20.1 Å². The van der Waals surface area contributed by atoms with Crippen LogP contribution >= 0.6 is 39.9 Å². The molecule has 0 aliphatic heterocycles. The molecule has 0 saturated carbocycles. The topological polar surface area (TPSA) is 61.7 Å². The van der Waals surface area contributed by atoms with E-state index in [0.717, 1.165) is 22.7 Å². The second-order valence-electron chi connectivity index (χ2n) is 4.74. The van der Waals surface area contributed by atoms with Gasteiger partial charge in [-0.2, -0.15) is 0 Å². The third-order valence-electron chi connectivity index (χ3n) is 2.92. The summed E-state index contributed by atoms with van der Waals surface area (Å²) in [4.78, 5) is 17.9. The smallest absolute Gasteiger partial charge is 0.241 e. The molecule has 0 aliphatic carbocycles. The number of likely N-dealkylation sites (N-methyl/N-ethyl adjacent to an activating group) is 1. The van der Waals surface area contributed by atoms with Gasteiger partial charge in [-0.05, 0) is 35.8 Å². The highest BCUT2D eigenvalue weighted by Crippen LogP contribution is 2.14. The maximum atomic E-state index is 11.5. The first kappa shape index (κ1) is 21.2. The van der Waals surface area contributed by atoms with Gasteiger partial charge in [0, 0.05) is 43.5 Å². The van der Waals surface area contributed by atoms with E-state index in [1.807, 2.05) is 39.0 Å². The fourth-order valence-corrected chi connectivity index (χ4v) is 2.48. The SMILES string of the molecule is CCNC(=O)CN=C(NCC)N(C)Cc1cc(Br)cn1C.I. The second kappa shape index (κ2) is 10.9. The molecule has 1 aromatic rings. The zero-order chi connectivity index (χ0) is 15.8. The van der Waals surface area contributed by atoms with E-state index in [4.69, 9.17) is 0 Å². The minimum atomic E-state index is -0.0667. The number of aryl methyl sites for hydroxylation is 1. The van der Waals surface area contributed by atoms with E-state index in [-0.39, 0.29) is 36.4 Å². The maximum Gasteiger partial charge on any atom is 0.241 e. The molecule has 22 heavy (non-hydrogen) atoms. The first-order valence-corrected chi connectivity index (χ1v) is 7.84. The molecule has 1 rings (SSSR count). The standard InChI is InChI=1S/C14H24BrN5O.HI/c1-5-16-13(21)8-18-14(17-6-2)20(4)10-12-7-11(15)9-19(12)3;/h7,9H,5-6,8,10H2,1-4H3,(H,16,21)(H,17,18);1H. The van der Waals surface area contributed by atoms with Crippen molar-refractivity contribution in [3.05, 3.63) is 22.4 Å². The summed E-state index contributed by atoms with van der Waals surface area (Å²) in [5.74, 6) is 0.656. The lowest BCUT2D eigenvalue weighted by atomic mass is 10.4. The minimum Gasteiger partial charge on any atom is -0.357 e. The van der Waals surface area contributed by atoms with Gasteiger partial charge in [0.25, 0.3) is 0 Å². The Kier molecular flexibility index (Phi) is 10.5. The normalized spacial score (nSPS) is 10.9. The first-order chi connectivity index (χ1) is 9.97. The molecule has 1 aromatic heterocycles. The molecule has 0 aliphatic rings. The van der Waals surface area contributed by atoms with Crippen LogP contribution in [0.1, 0.15) is 19.5 Å². The number of hydrogen-bond donors (Lipinski definition) is 2. The highest BCUT2D eigenvalue weighted by Gasteiger charge is 2.10. The van der Waals surface area contributed by atoms with E-state index in [0.29, 0.717) is 13.1 Å². The molecule has 0 atom stereocenters. The van der Waals surface area contributed by atoms with Crippen LogP contribution in [0.5, 0.6) is 0 Å². The zero-order valence-corrected chi connectivity index (χ0v) is 17.4. The lowest BCUT2D eigenvalue weighted by molar-refractivity contribution is -0.119. The average molecular weight is 486 g/mol. The Bertz CT molecular complexity index is 503. The van der Waals surface area contributed by atoms with Crippen LogP contribution in [-0.2, 0) is 18.4 Å². The Morgan fingerprint density at radius 2 is 2.00 bits per heavy atom. The van der Waals surface area contributed by atoms with E-state index >= 15 is 0 Å². The number of amides is 1. The van der Waals surface area contributed by atoms with Gasteiger partial charge in [-0.1, -0.05) is 0 Å². The molecule has 2 N–H and O–H groups in total. The largest absolute Gasteiger partial charge is 0.357 e. The summed E-state index contributed by atoms with van der Waals surface area (Å²) in [6, 6.07) is 2.07. The summed E-state index contributed by atoms with van der Waals surface area (Å²) < 4.78 is 3.12. The van der Waals surface area contributed by atoms with Gasteiger partial charge in [0.1, 0.15) is 6.54 Å². The highest BCUT2D eigenvalue weighted by molar-refractivity contribution is 14.0. The Morgan fingerprint density at radius 1 is 1.36 bits per heavy atom. The van der Waals surface area contributed by atoms with Gasteiger partial charge in [0.2, 0.25) is 5.91 Å². The summed E-state index contributed by atoms with van der Waals surface area (Å²) in [6.45, 7) is 6.13. The van der Waals surface area contributed by atoms with Crippen molar-refractivity contribution in [2.75, 3.05) is 26.7 Å². The number of carbonyl (C=O) groups excluding carboxylic acids is 1. The molecule has 0 bridgehead atoms. The summed E-state index contributed by atoms with van der Waals surface area (Å²) in [5, 5.41) is 5.94. The molecule has 126 valence electrons. The van der Waals surface area contributed by atoms with Gasteiger partial charge in [-0.3, -0.25) is 4.79 Å². The Labute approximate surface area is 157 Å². The number of nitrogens with one attached hydrogen (secondary N) is 2. The monoisotopic (exact) mass is 485 g/mol. The van der Waals surface area contributed by atoms with Crippen LogP contribution in [0.2, 0.25) is 0 Å². The van der Waals surface area contributed by atoms with Crippen molar-refractivity contribution in [2.24, 2.45) is 12.0 Å². The van der Waals surface area contributed by atoms with Crippen molar-refractivity contribution in [1.82, 2.24) is 20.1 Å². The quantitative estimate of drug-likeness (QED) is 0.367. The van der Waals surface area contributed by atoms with Crippen LogP contribution in [0.4, 0.5) is 0 Å². The van der Waals surface area contributed by atoms with Gasteiger partial charge in [-0.25, -0.2) is 4.99 Å². The van der Waals surface area contributed by atoms with Crippen LogP contribution in [0.15, 0.2) is 21.7 Å². The summed E-state index contributed by atoms with van der Waals surface area (Å²) in [7, 11) is 3.97. The lowest BCUT2D eigenvalue weighted by Crippen LogP contribution is -2.39. The molecule has 1 heterocycles. The Morgan fingerprint density at radius 3 is 2.50 bits per heavy atom. The number of aliphatic imine (C=N–C) groups is 1. The second-order valence-corrected chi connectivity index (χ2v) is 5.66. The number of guanidine groups is 1.